The summed E-state index contributed by atoms with van der Waals surface area (Å²) in [6, 6.07) is 11.1. The third kappa shape index (κ3) is 2.88. The molecule has 1 aromatic carbocycles. The van der Waals surface area contributed by atoms with Gasteiger partial charge in [-0.25, -0.2) is 4.98 Å². The van der Waals surface area contributed by atoms with E-state index in [1.807, 2.05) is 37.4 Å². The number of benzene rings is 1. The first-order chi connectivity index (χ1) is 12.5. The van der Waals surface area contributed by atoms with E-state index in [1.54, 1.807) is 0 Å². The molecule has 3 aromatic rings. The Balaban J connectivity index is 1.64. The minimum Gasteiger partial charge on any atom is -0.345 e. The lowest BCUT2D eigenvalue weighted by Gasteiger charge is -2.20. The topological polar surface area (TPSA) is 95.4 Å². The number of amides is 1. The average molecular weight is 352 g/mol. The molecule has 2 N–H and O–H groups in total. The van der Waals surface area contributed by atoms with Crippen molar-refractivity contribution in [3.8, 4) is 11.3 Å². The van der Waals surface area contributed by atoms with Crippen LogP contribution in [-0.2, 0) is 0 Å². The predicted octanol–water partition coefficient (Wildman–Crippen LogP) is 0.907. The van der Waals surface area contributed by atoms with E-state index in [-0.39, 0.29) is 35.2 Å². The first-order valence-corrected chi connectivity index (χ1v) is 8.59. The van der Waals surface area contributed by atoms with Gasteiger partial charge in [0.1, 0.15) is 0 Å². The van der Waals surface area contributed by atoms with Crippen molar-refractivity contribution in [1.29, 1.82) is 0 Å². The fourth-order valence-electron chi connectivity index (χ4n) is 3.26. The lowest BCUT2D eigenvalue weighted by Crippen LogP contribution is -2.42. The summed E-state index contributed by atoms with van der Waals surface area (Å²) in [5, 5.41) is 5.73. The second kappa shape index (κ2) is 6.38. The number of nitrogens with zero attached hydrogens (tertiary/aromatic N) is 4. The van der Waals surface area contributed by atoms with Crippen LogP contribution in [0.1, 0.15) is 24.0 Å². The van der Waals surface area contributed by atoms with Gasteiger partial charge in [-0.15, -0.1) is 0 Å². The van der Waals surface area contributed by atoms with Crippen LogP contribution in [0.15, 0.2) is 41.2 Å². The van der Waals surface area contributed by atoms with E-state index in [9.17, 15) is 9.59 Å². The number of H-pyrrole nitrogens is 1. The van der Waals surface area contributed by atoms with Crippen molar-refractivity contribution in [2.75, 3.05) is 13.6 Å². The average Bonchev–Trinajstić information content (AvgIpc) is 3.22. The summed E-state index contributed by atoms with van der Waals surface area (Å²) in [4.78, 5) is 35.7. The van der Waals surface area contributed by atoms with Gasteiger partial charge in [-0.05, 0) is 20.4 Å². The number of aromatic nitrogens is 4. The van der Waals surface area contributed by atoms with E-state index < -0.39 is 0 Å². The van der Waals surface area contributed by atoms with Crippen molar-refractivity contribution in [3.05, 3.63) is 52.6 Å². The summed E-state index contributed by atoms with van der Waals surface area (Å²) < 4.78 is 1.19. The minimum atomic E-state index is -0.330. The lowest BCUT2D eigenvalue weighted by atomic mass is 10.1. The molecule has 0 spiro atoms. The van der Waals surface area contributed by atoms with Gasteiger partial charge in [0, 0.05) is 30.3 Å². The van der Waals surface area contributed by atoms with Gasteiger partial charge >= 0.3 is 0 Å². The number of fused-ring (bicyclic) bond motifs is 1. The Kier molecular flexibility index (Phi) is 4.04. The Hall–Kier alpha value is -3.00. The SMILES string of the molecule is CC1C(NC(=O)c2nc3nc(-c4ccccc4)cc(=O)n3[nH]2)CCN1C. The Morgan fingerprint density at radius 3 is 2.73 bits per heavy atom. The number of carbonyl (C=O) groups is 1. The van der Waals surface area contributed by atoms with E-state index in [0.717, 1.165) is 18.5 Å². The predicted molar refractivity (Wildman–Crippen MR) is 97.0 cm³/mol. The van der Waals surface area contributed by atoms with Gasteiger partial charge in [0.05, 0.1) is 5.69 Å². The molecule has 26 heavy (non-hydrogen) atoms. The fourth-order valence-corrected chi connectivity index (χ4v) is 3.26. The number of hydrogen-bond donors (Lipinski definition) is 2. The van der Waals surface area contributed by atoms with Gasteiger partial charge in [0.25, 0.3) is 17.2 Å². The van der Waals surface area contributed by atoms with Crippen molar-refractivity contribution in [2.45, 2.75) is 25.4 Å². The zero-order valence-electron chi connectivity index (χ0n) is 14.6. The number of nitrogens with one attached hydrogen (secondary N) is 2. The second-order valence-electron chi connectivity index (χ2n) is 6.64. The molecule has 1 aliphatic heterocycles. The maximum Gasteiger partial charge on any atom is 0.288 e. The molecule has 8 nitrogen and oxygen atoms in total. The summed E-state index contributed by atoms with van der Waals surface area (Å²) in [5.74, 6) is -0.0667. The molecule has 3 heterocycles. The molecule has 0 aliphatic carbocycles. The molecular weight excluding hydrogens is 332 g/mol. The maximum absolute atomic E-state index is 12.5. The Bertz CT molecular complexity index is 1010. The minimum absolute atomic E-state index is 0.0604. The van der Waals surface area contributed by atoms with E-state index >= 15 is 0 Å². The van der Waals surface area contributed by atoms with Crippen molar-refractivity contribution in [1.82, 2.24) is 29.8 Å². The highest BCUT2D eigenvalue weighted by molar-refractivity contribution is 5.91. The van der Waals surface area contributed by atoms with Crippen molar-refractivity contribution >= 4 is 11.7 Å². The van der Waals surface area contributed by atoms with Gasteiger partial charge in [0.15, 0.2) is 0 Å². The molecule has 0 radical (unpaired) electrons. The quantitative estimate of drug-likeness (QED) is 0.730. The summed E-state index contributed by atoms with van der Waals surface area (Å²) in [5.41, 5.74) is 1.04. The molecule has 8 heteroatoms. The van der Waals surface area contributed by atoms with Crippen LogP contribution >= 0.6 is 0 Å². The third-order valence-corrected chi connectivity index (χ3v) is 5.00. The molecule has 0 saturated carbocycles. The maximum atomic E-state index is 12.5. The molecule has 2 unspecified atom stereocenters. The Morgan fingerprint density at radius 1 is 1.27 bits per heavy atom. The summed E-state index contributed by atoms with van der Waals surface area (Å²) in [6.07, 6.45) is 0.889. The molecule has 1 saturated heterocycles. The van der Waals surface area contributed by atoms with Crippen LogP contribution < -0.4 is 10.9 Å². The third-order valence-electron chi connectivity index (χ3n) is 5.00. The fraction of sp³-hybridized carbons (Fsp3) is 0.333. The molecule has 2 aromatic heterocycles. The van der Waals surface area contributed by atoms with E-state index in [1.165, 1.54) is 10.6 Å². The van der Waals surface area contributed by atoms with E-state index in [2.05, 4.69) is 32.2 Å². The van der Waals surface area contributed by atoms with Crippen LogP contribution in [0.5, 0.6) is 0 Å². The number of carbonyl (C=O) groups excluding carboxylic acids is 1. The van der Waals surface area contributed by atoms with Crippen LogP contribution in [0.4, 0.5) is 0 Å². The number of likely N-dealkylation sites (tertiary alicyclic amines) is 1. The van der Waals surface area contributed by atoms with Gasteiger partial charge in [-0.1, -0.05) is 30.3 Å². The zero-order chi connectivity index (χ0) is 18.3. The van der Waals surface area contributed by atoms with Gasteiger partial charge in [-0.2, -0.15) is 9.50 Å². The van der Waals surface area contributed by atoms with Crippen LogP contribution in [0.3, 0.4) is 0 Å². The Morgan fingerprint density at radius 2 is 2.04 bits per heavy atom. The van der Waals surface area contributed by atoms with Gasteiger partial charge < -0.3 is 10.2 Å². The molecule has 1 aliphatic rings. The van der Waals surface area contributed by atoms with Crippen LogP contribution in [0, 0.1) is 0 Å². The largest absolute Gasteiger partial charge is 0.345 e. The molecule has 4 rings (SSSR count). The molecule has 134 valence electrons. The van der Waals surface area contributed by atoms with Crippen LogP contribution in [-0.4, -0.2) is 56.1 Å². The van der Waals surface area contributed by atoms with E-state index in [4.69, 9.17) is 0 Å². The molecule has 2 atom stereocenters. The Labute approximate surface area is 149 Å². The number of hydrogen-bond acceptors (Lipinski definition) is 5. The first kappa shape index (κ1) is 16.5. The van der Waals surface area contributed by atoms with Gasteiger partial charge in [0.2, 0.25) is 5.82 Å². The van der Waals surface area contributed by atoms with Crippen LogP contribution in [0.25, 0.3) is 17.0 Å². The zero-order valence-corrected chi connectivity index (χ0v) is 14.6. The van der Waals surface area contributed by atoms with Crippen LogP contribution in [0.2, 0.25) is 0 Å². The van der Waals surface area contributed by atoms with Crippen molar-refractivity contribution in [3.63, 3.8) is 0 Å². The first-order valence-electron chi connectivity index (χ1n) is 8.59. The molecule has 0 bridgehead atoms. The molecule has 1 fully saturated rings. The van der Waals surface area contributed by atoms with E-state index in [0.29, 0.717) is 5.69 Å². The summed E-state index contributed by atoms with van der Waals surface area (Å²) in [7, 11) is 2.03. The second-order valence-corrected chi connectivity index (χ2v) is 6.64. The standard InChI is InChI=1S/C18H20N6O2/c1-11-13(8-9-23(11)2)19-17(26)16-21-18-20-14(10-15(25)24(18)22-16)12-6-4-3-5-7-12/h3-7,10-11,13H,8-9H2,1-2H3,(H,19,26)(H,20,21,22). The monoisotopic (exact) mass is 352 g/mol. The van der Waals surface area contributed by atoms with Gasteiger partial charge in [-0.3, -0.25) is 14.7 Å². The van der Waals surface area contributed by atoms with Crippen molar-refractivity contribution < 1.29 is 4.79 Å². The summed E-state index contributed by atoms with van der Waals surface area (Å²) in [6.45, 7) is 3.02. The number of rotatable bonds is 3. The highest BCUT2D eigenvalue weighted by Gasteiger charge is 2.30. The van der Waals surface area contributed by atoms with Crippen molar-refractivity contribution in [2.24, 2.45) is 0 Å². The lowest BCUT2D eigenvalue weighted by molar-refractivity contribution is 0.0919. The highest BCUT2D eigenvalue weighted by Crippen LogP contribution is 2.16. The number of likely N-dealkylation sites (N-methyl/N-ethyl adjacent to an activating group) is 1. The normalized spacial score (nSPS) is 20.5. The molecular formula is C18H20N6O2. The number of aromatic amines is 1. The summed E-state index contributed by atoms with van der Waals surface area (Å²) >= 11 is 0. The molecule has 1 amide bonds. The smallest absolute Gasteiger partial charge is 0.288 e. The highest BCUT2D eigenvalue weighted by atomic mass is 16.2.